The highest BCUT2D eigenvalue weighted by Gasteiger charge is 2.33. The number of nitrogens with one attached hydrogen (secondary N) is 1. The lowest BCUT2D eigenvalue weighted by atomic mass is 10.1. The second kappa shape index (κ2) is 9.62. The van der Waals surface area contributed by atoms with Gasteiger partial charge in [0.2, 0.25) is 21.8 Å². The van der Waals surface area contributed by atoms with Crippen molar-refractivity contribution >= 4 is 27.5 Å². The molecule has 0 aromatic heterocycles. The number of nitrogens with zero attached hydrogens (tertiary/aromatic N) is 2. The average Bonchev–Trinajstić information content (AvgIpc) is 3.14. The smallest absolute Gasteiger partial charge is 0.241 e. The lowest BCUT2D eigenvalue weighted by Crippen LogP contribution is -2.52. The minimum Gasteiger partial charge on any atom is -0.378 e. The highest BCUT2D eigenvalue weighted by Crippen LogP contribution is 2.34. The number of morpholine rings is 1. The van der Waals surface area contributed by atoms with Crippen LogP contribution in [0.15, 0.2) is 53.4 Å². The molecule has 0 aliphatic carbocycles. The summed E-state index contributed by atoms with van der Waals surface area (Å²) < 4.78 is 34.6. The van der Waals surface area contributed by atoms with Crippen molar-refractivity contribution in [2.24, 2.45) is 0 Å². The Morgan fingerprint density at radius 2 is 1.82 bits per heavy atom. The maximum absolute atomic E-state index is 13.3. The first-order chi connectivity index (χ1) is 15.8. The predicted octanol–water partition coefficient (Wildman–Crippen LogP) is 1.73. The van der Waals surface area contributed by atoms with Crippen LogP contribution in [0.4, 0.5) is 5.69 Å². The van der Waals surface area contributed by atoms with Gasteiger partial charge in [0.05, 0.1) is 18.1 Å². The molecular formula is C24H29N3O5S. The molecule has 9 heteroatoms. The van der Waals surface area contributed by atoms with Crippen molar-refractivity contribution < 1.29 is 22.7 Å². The van der Waals surface area contributed by atoms with Gasteiger partial charge in [-0.25, -0.2) is 8.42 Å². The second-order valence-corrected chi connectivity index (χ2v) is 10.2. The van der Waals surface area contributed by atoms with Crippen molar-refractivity contribution in [2.75, 3.05) is 31.2 Å². The summed E-state index contributed by atoms with van der Waals surface area (Å²) in [5.41, 5.74) is 2.41. The first kappa shape index (κ1) is 23.4. The first-order valence-corrected chi connectivity index (χ1v) is 12.6. The lowest BCUT2D eigenvalue weighted by molar-refractivity contribution is -0.137. The number of anilines is 1. The fraction of sp³-hybridized carbons (Fsp3) is 0.417. The maximum atomic E-state index is 13.3. The van der Waals surface area contributed by atoms with Crippen molar-refractivity contribution in [1.29, 1.82) is 0 Å². The molecule has 2 atom stereocenters. The van der Waals surface area contributed by atoms with Gasteiger partial charge in [-0.05, 0) is 49.1 Å². The molecule has 2 heterocycles. The van der Waals surface area contributed by atoms with Gasteiger partial charge in [-0.15, -0.1) is 0 Å². The van der Waals surface area contributed by atoms with Crippen LogP contribution in [0.1, 0.15) is 25.0 Å². The van der Waals surface area contributed by atoms with Crippen molar-refractivity contribution in [2.45, 2.75) is 43.7 Å². The van der Waals surface area contributed by atoms with Crippen LogP contribution in [0.3, 0.4) is 0 Å². The third kappa shape index (κ3) is 5.10. The Balaban J connectivity index is 1.60. The Labute approximate surface area is 194 Å². The van der Waals surface area contributed by atoms with Crippen LogP contribution in [-0.2, 0) is 37.2 Å². The highest BCUT2D eigenvalue weighted by atomic mass is 32.2. The number of hydrogen-bond acceptors (Lipinski definition) is 5. The Bertz CT molecular complexity index is 1130. The molecular weight excluding hydrogens is 442 g/mol. The average molecular weight is 472 g/mol. The van der Waals surface area contributed by atoms with Gasteiger partial charge in [0.1, 0.15) is 6.04 Å². The molecule has 1 saturated heterocycles. The zero-order chi connectivity index (χ0) is 23.6. The van der Waals surface area contributed by atoms with Crippen LogP contribution in [0.2, 0.25) is 0 Å². The van der Waals surface area contributed by atoms with E-state index in [1.165, 1.54) is 13.0 Å². The minimum absolute atomic E-state index is 0.0304. The van der Waals surface area contributed by atoms with Gasteiger partial charge in [-0.3, -0.25) is 9.59 Å². The Hall–Kier alpha value is -2.75. The Morgan fingerprint density at radius 3 is 2.48 bits per heavy atom. The normalized spacial score (nSPS) is 19.3. The number of benzene rings is 2. The molecule has 0 spiro atoms. The number of fused-ring (bicyclic) bond motifs is 1. The SMILES string of the molecule is CC(=O)N1c2ccc(S(=O)(=O)N[C@H](Cc3ccccc3)C(=O)N3CCOCC3)cc2C[C@H]1C. The van der Waals surface area contributed by atoms with Crippen LogP contribution in [0.25, 0.3) is 0 Å². The van der Waals surface area contributed by atoms with E-state index in [-0.39, 0.29) is 29.2 Å². The van der Waals surface area contributed by atoms with Crippen molar-refractivity contribution in [1.82, 2.24) is 9.62 Å². The molecule has 1 fully saturated rings. The number of carbonyl (C=O) groups is 2. The largest absolute Gasteiger partial charge is 0.378 e. The molecule has 33 heavy (non-hydrogen) atoms. The third-order valence-electron chi connectivity index (χ3n) is 6.12. The quantitative estimate of drug-likeness (QED) is 0.692. The standard InChI is InChI=1S/C24H29N3O5S/c1-17-14-20-16-21(8-9-23(20)27(17)18(2)28)33(30,31)25-22(15-19-6-4-3-5-7-19)24(29)26-10-12-32-13-11-26/h3-9,16-17,22,25H,10-15H2,1-2H3/t17-,22-/m1/s1. The zero-order valence-electron chi connectivity index (χ0n) is 18.9. The molecule has 2 aliphatic rings. The predicted molar refractivity (Wildman–Crippen MR) is 124 cm³/mol. The van der Waals surface area contributed by atoms with Crippen LogP contribution < -0.4 is 9.62 Å². The van der Waals surface area contributed by atoms with Gasteiger partial charge in [0, 0.05) is 31.7 Å². The maximum Gasteiger partial charge on any atom is 0.241 e. The summed E-state index contributed by atoms with van der Waals surface area (Å²) in [4.78, 5) is 28.7. The van der Waals surface area contributed by atoms with E-state index in [4.69, 9.17) is 4.74 Å². The summed E-state index contributed by atoms with van der Waals surface area (Å²) >= 11 is 0. The van der Waals surface area contributed by atoms with E-state index in [1.807, 2.05) is 37.3 Å². The van der Waals surface area contributed by atoms with Gasteiger partial charge in [0.15, 0.2) is 0 Å². The highest BCUT2D eigenvalue weighted by molar-refractivity contribution is 7.89. The molecule has 2 amide bonds. The molecule has 0 unspecified atom stereocenters. The van der Waals surface area contributed by atoms with E-state index < -0.39 is 16.1 Å². The molecule has 1 N–H and O–H groups in total. The van der Waals surface area contributed by atoms with Crippen LogP contribution in [-0.4, -0.2) is 63.5 Å². The molecule has 0 bridgehead atoms. The summed E-state index contributed by atoms with van der Waals surface area (Å²) in [6.07, 6.45) is 0.828. The Kier molecular flexibility index (Phi) is 6.83. The van der Waals surface area contributed by atoms with E-state index in [0.29, 0.717) is 32.7 Å². The van der Waals surface area contributed by atoms with E-state index in [1.54, 1.807) is 21.9 Å². The van der Waals surface area contributed by atoms with E-state index in [9.17, 15) is 18.0 Å². The molecule has 176 valence electrons. The number of ether oxygens (including phenoxy) is 1. The molecule has 2 aliphatic heterocycles. The lowest BCUT2D eigenvalue weighted by Gasteiger charge is -2.30. The van der Waals surface area contributed by atoms with Gasteiger partial charge in [-0.1, -0.05) is 30.3 Å². The van der Waals surface area contributed by atoms with Gasteiger partial charge >= 0.3 is 0 Å². The number of carbonyl (C=O) groups excluding carboxylic acids is 2. The van der Waals surface area contributed by atoms with Gasteiger partial charge in [-0.2, -0.15) is 4.72 Å². The Morgan fingerprint density at radius 1 is 1.12 bits per heavy atom. The molecule has 0 radical (unpaired) electrons. The van der Waals surface area contributed by atoms with Gasteiger partial charge in [0.25, 0.3) is 0 Å². The fourth-order valence-electron chi connectivity index (χ4n) is 4.54. The monoisotopic (exact) mass is 471 g/mol. The van der Waals surface area contributed by atoms with Gasteiger partial charge < -0.3 is 14.5 Å². The zero-order valence-corrected chi connectivity index (χ0v) is 19.7. The molecule has 8 nitrogen and oxygen atoms in total. The van der Waals surface area contributed by atoms with Crippen molar-refractivity contribution in [3.05, 3.63) is 59.7 Å². The van der Waals surface area contributed by atoms with Crippen LogP contribution in [0.5, 0.6) is 0 Å². The molecule has 0 saturated carbocycles. The summed E-state index contributed by atoms with van der Waals surface area (Å²) in [5, 5.41) is 0. The van der Waals surface area contributed by atoms with Crippen LogP contribution in [0, 0.1) is 0 Å². The summed E-state index contributed by atoms with van der Waals surface area (Å²) in [6.45, 7) is 5.18. The summed E-state index contributed by atoms with van der Waals surface area (Å²) in [7, 11) is -3.97. The van der Waals surface area contributed by atoms with E-state index >= 15 is 0 Å². The number of sulfonamides is 1. The van der Waals surface area contributed by atoms with Crippen molar-refractivity contribution in [3.8, 4) is 0 Å². The topological polar surface area (TPSA) is 96.0 Å². The minimum atomic E-state index is -3.97. The molecule has 4 rings (SSSR count). The van der Waals surface area contributed by atoms with Crippen molar-refractivity contribution in [3.63, 3.8) is 0 Å². The molecule has 2 aromatic rings. The first-order valence-electron chi connectivity index (χ1n) is 11.1. The summed E-state index contributed by atoms with van der Waals surface area (Å²) in [6, 6.07) is 13.2. The fourth-order valence-corrected chi connectivity index (χ4v) is 5.78. The summed E-state index contributed by atoms with van der Waals surface area (Å²) in [5.74, 6) is -0.336. The number of hydrogen-bond donors (Lipinski definition) is 1. The second-order valence-electron chi connectivity index (χ2n) is 8.53. The number of amides is 2. The number of rotatable bonds is 6. The molecule has 2 aromatic carbocycles. The third-order valence-corrected chi connectivity index (χ3v) is 7.59. The van der Waals surface area contributed by atoms with E-state index in [0.717, 1.165) is 16.8 Å². The van der Waals surface area contributed by atoms with E-state index in [2.05, 4.69) is 4.72 Å². The van der Waals surface area contributed by atoms with Crippen LogP contribution >= 0.6 is 0 Å².